The molecule has 4 aromatic rings. The molecule has 0 atom stereocenters. The molecular formula is C26H24N2O3S. The molecule has 5 nitrogen and oxygen atoms in total. The van der Waals surface area contributed by atoms with Gasteiger partial charge in [0.1, 0.15) is 0 Å². The van der Waals surface area contributed by atoms with E-state index in [9.17, 15) is 8.42 Å². The number of aromatic nitrogens is 1. The summed E-state index contributed by atoms with van der Waals surface area (Å²) in [4.78, 5) is 6.71. The Kier molecular flexibility index (Phi) is 5.10. The van der Waals surface area contributed by atoms with Crippen molar-refractivity contribution in [1.29, 1.82) is 0 Å². The Morgan fingerprint density at radius 2 is 1.47 bits per heavy atom. The number of oxazole rings is 1. The molecule has 0 radical (unpaired) electrons. The van der Waals surface area contributed by atoms with Gasteiger partial charge in [-0.1, -0.05) is 59.7 Å². The van der Waals surface area contributed by atoms with E-state index >= 15 is 0 Å². The third kappa shape index (κ3) is 3.71. The van der Waals surface area contributed by atoms with Crippen molar-refractivity contribution in [2.45, 2.75) is 36.7 Å². The van der Waals surface area contributed by atoms with Crippen LogP contribution < -0.4 is 4.90 Å². The molecule has 1 aliphatic rings. The molecule has 0 unspecified atom stereocenters. The van der Waals surface area contributed by atoms with Crippen LogP contribution in [0.25, 0.3) is 11.5 Å². The Labute approximate surface area is 188 Å². The summed E-state index contributed by atoms with van der Waals surface area (Å²) in [6.45, 7) is 5.17. The SMILES string of the molecule is Cc1ccc(-c2nc(S(=O)(=O)c3ccc(C)cc3)c(N3CCc4ccccc4C3)o2)cc1. The van der Waals surface area contributed by atoms with Crippen LogP contribution in [0.4, 0.5) is 5.88 Å². The van der Waals surface area contributed by atoms with E-state index < -0.39 is 9.84 Å². The number of fused-ring (bicyclic) bond motifs is 1. The van der Waals surface area contributed by atoms with Crippen molar-refractivity contribution in [3.63, 3.8) is 0 Å². The maximum absolute atomic E-state index is 13.6. The maximum atomic E-state index is 13.6. The van der Waals surface area contributed by atoms with Gasteiger partial charge in [0.15, 0.2) is 0 Å². The van der Waals surface area contributed by atoms with Crippen LogP contribution in [0.1, 0.15) is 22.3 Å². The monoisotopic (exact) mass is 444 g/mol. The molecule has 32 heavy (non-hydrogen) atoms. The van der Waals surface area contributed by atoms with Crippen LogP contribution in [0.3, 0.4) is 0 Å². The fourth-order valence-corrected chi connectivity index (χ4v) is 5.31. The number of nitrogens with zero attached hydrogens (tertiary/aromatic N) is 2. The summed E-state index contributed by atoms with van der Waals surface area (Å²) in [5.41, 5.74) is 5.31. The van der Waals surface area contributed by atoms with Gasteiger partial charge in [0.2, 0.25) is 26.6 Å². The van der Waals surface area contributed by atoms with Crippen LogP contribution in [0.5, 0.6) is 0 Å². The predicted octanol–water partition coefficient (Wildman–Crippen LogP) is 5.35. The lowest BCUT2D eigenvalue weighted by Gasteiger charge is -2.28. The highest BCUT2D eigenvalue weighted by Crippen LogP contribution is 2.37. The molecule has 0 bridgehead atoms. The van der Waals surface area contributed by atoms with Crippen LogP contribution in [-0.4, -0.2) is 19.9 Å². The zero-order valence-corrected chi connectivity index (χ0v) is 18.9. The molecule has 162 valence electrons. The molecule has 0 amide bonds. The van der Waals surface area contributed by atoms with Crippen molar-refractivity contribution >= 4 is 15.7 Å². The summed E-state index contributed by atoms with van der Waals surface area (Å²) < 4.78 is 33.4. The minimum atomic E-state index is -3.85. The van der Waals surface area contributed by atoms with Crippen LogP contribution in [0.15, 0.2) is 87.1 Å². The molecule has 0 saturated carbocycles. The van der Waals surface area contributed by atoms with Crippen molar-refractivity contribution in [3.05, 3.63) is 95.1 Å². The van der Waals surface area contributed by atoms with Crippen LogP contribution in [0, 0.1) is 13.8 Å². The van der Waals surface area contributed by atoms with Crippen molar-refractivity contribution in [2.24, 2.45) is 0 Å². The Balaban J connectivity index is 1.63. The molecule has 3 aromatic carbocycles. The highest BCUT2D eigenvalue weighted by molar-refractivity contribution is 7.91. The van der Waals surface area contributed by atoms with Gasteiger partial charge in [0.25, 0.3) is 0 Å². The Hall–Kier alpha value is -3.38. The lowest BCUT2D eigenvalue weighted by molar-refractivity contribution is 0.533. The lowest BCUT2D eigenvalue weighted by Crippen LogP contribution is -2.31. The van der Waals surface area contributed by atoms with Gasteiger partial charge in [-0.25, -0.2) is 8.42 Å². The molecule has 6 heteroatoms. The van der Waals surface area contributed by atoms with E-state index in [1.807, 2.05) is 55.1 Å². The largest absolute Gasteiger partial charge is 0.419 e. The second-order valence-electron chi connectivity index (χ2n) is 8.25. The summed E-state index contributed by atoms with van der Waals surface area (Å²) in [5, 5.41) is -0.0312. The van der Waals surface area contributed by atoms with Crippen LogP contribution in [-0.2, 0) is 22.8 Å². The minimum absolute atomic E-state index is 0.0312. The molecule has 0 saturated heterocycles. The van der Waals surface area contributed by atoms with Crippen molar-refractivity contribution in [2.75, 3.05) is 11.4 Å². The fraction of sp³-hybridized carbons (Fsp3) is 0.192. The molecule has 2 heterocycles. The molecule has 1 aliphatic heterocycles. The average Bonchev–Trinajstić information content (AvgIpc) is 3.26. The third-order valence-corrected chi connectivity index (χ3v) is 7.55. The van der Waals surface area contributed by atoms with E-state index in [0.717, 1.165) is 23.1 Å². The maximum Gasteiger partial charge on any atom is 0.236 e. The number of hydrogen-bond acceptors (Lipinski definition) is 5. The zero-order valence-electron chi connectivity index (χ0n) is 18.1. The van der Waals surface area contributed by atoms with Gasteiger partial charge < -0.3 is 9.32 Å². The molecular weight excluding hydrogens is 420 g/mol. The first-order valence-corrected chi connectivity index (χ1v) is 12.1. The van der Waals surface area contributed by atoms with Gasteiger partial charge in [0, 0.05) is 18.7 Å². The zero-order chi connectivity index (χ0) is 22.3. The molecule has 5 rings (SSSR count). The Morgan fingerprint density at radius 3 is 2.16 bits per heavy atom. The fourth-order valence-electron chi connectivity index (χ4n) is 3.99. The Morgan fingerprint density at radius 1 is 0.844 bits per heavy atom. The van der Waals surface area contributed by atoms with Gasteiger partial charge in [-0.15, -0.1) is 0 Å². The molecule has 1 aromatic heterocycles. The van der Waals surface area contributed by atoms with E-state index in [4.69, 9.17) is 4.42 Å². The van der Waals surface area contributed by atoms with E-state index in [1.54, 1.807) is 24.3 Å². The Bertz CT molecular complexity index is 1370. The highest BCUT2D eigenvalue weighted by atomic mass is 32.2. The van der Waals surface area contributed by atoms with Gasteiger partial charge in [0.05, 0.1) is 4.90 Å². The number of anilines is 1. The summed E-state index contributed by atoms with van der Waals surface area (Å²) >= 11 is 0. The number of aryl methyl sites for hydroxylation is 2. The predicted molar refractivity (Wildman–Crippen MR) is 125 cm³/mol. The molecule has 0 aliphatic carbocycles. The topological polar surface area (TPSA) is 63.4 Å². The quantitative estimate of drug-likeness (QED) is 0.424. The number of rotatable bonds is 4. The summed E-state index contributed by atoms with van der Waals surface area (Å²) in [5.74, 6) is 0.611. The van der Waals surface area contributed by atoms with E-state index in [2.05, 4.69) is 17.1 Å². The normalized spacial score (nSPS) is 13.8. The first kappa shape index (κ1) is 20.5. The van der Waals surface area contributed by atoms with Gasteiger partial charge >= 0.3 is 0 Å². The van der Waals surface area contributed by atoms with E-state index in [0.29, 0.717) is 24.9 Å². The smallest absolute Gasteiger partial charge is 0.236 e. The van der Waals surface area contributed by atoms with Gasteiger partial charge in [-0.05, 0) is 55.7 Å². The van der Waals surface area contributed by atoms with Crippen LogP contribution in [0.2, 0.25) is 0 Å². The molecule has 0 spiro atoms. The molecule has 0 fully saturated rings. The number of sulfone groups is 1. The van der Waals surface area contributed by atoms with Crippen LogP contribution >= 0.6 is 0 Å². The first-order chi connectivity index (χ1) is 15.4. The van der Waals surface area contributed by atoms with E-state index in [1.165, 1.54) is 11.1 Å². The minimum Gasteiger partial charge on any atom is -0.419 e. The second kappa shape index (κ2) is 7.95. The summed E-state index contributed by atoms with van der Waals surface area (Å²) in [7, 11) is -3.85. The number of benzene rings is 3. The highest BCUT2D eigenvalue weighted by Gasteiger charge is 2.32. The van der Waals surface area contributed by atoms with E-state index in [-0.39, 0.29) is 9.92 Å². The average molecular weight is 445 g/mol. The standard InChI is InChI=1S/C26H24N2O3S/c1-18-7-11-21(12-8-18)24-27-25(32(29,30)23-13-9-19(2)10-14-23)26(31-24)28-16-15-20-5-3-4-6-22(20)17-28/h3-14H,15-17H2,1-2H3. The van der Waals surface area contributed by atoms with Crippen molar-refractivity contribution < 1.29 is 12.8 Å². The first-order valence-electron chi connectivity index (χ1n) is 10.6. The van der Waals surface area contributed by atoms with Crippen molar-refractivity contribution in [1.82, 2.24) is 4.98 Å². The summed E-state index contributed by atoms with van der Waals surface area (Å²) in [6.07, 6.45) is 0.820. The molecule has 0 N–H and O–H groups in total. The van der Waals surface area contributed by atoms with Gasteiger partial charge in [-0.3, -0.25) is 0 Å². The number of hydrogen-bond donors (Lipinski definition) is 0. The van der Waals surface area contributed by atoms with Gasteiger partial charge in [-0.2, -0.15) is 4.98 Å². The second-order valence-corrected chi connectivity index (χ2v) is 10.1. The van der Waals surface area contributed by atoms with Crippen molar-refractivity contribution in [3.8, 4) is 11.5 Å². The third-order valence-electron chi connectivity index (χ3n) is 5.88. The summed E-state index contributed by atoms with van der Waals surface area (Å²) in [6, 6.07) is 22.8. The lowest BCUT2D eigenvalue weighted by atomic mass is 10.0.